The molecule has 21 heavy (non-hydrogen) atoms. The van der Waals surface area contributed by atoms with E-state index >= 15 is 0 Å². The van der Waals surface area contributed by atoms with Crippen LogP contribution in [-0.4, -0.2) is 23.3 Å². The first kappa shape index (κ1) is 18.9. The quantitative estimate of drug-likeness (QED) is 0.740. The van der Waals surface area contributed by atoms with Crippen LogP contribution in [0.15, 0.2) is 47.5 Å². The normalized spacial score (nSPS) is 16.0. The Kier molecular flexibility index (Phi) is 8.06. The summed E-state index contributed by atoms with van der Waals surface area (Å²) in [5.41, 5.74) is 2.21. The molecular formula is C17H25NO3. The summed E-state index contributed by atoms with van der Waals surface area (Å²) in [6.07, 6.45) is 5.09. The highest BCUT2D eigenvalue weighted by Gasteiger charge is 2.27. The lowest BCUT2D eigenvalue weighted by Gasteiger charge is -2.29. The number of ketones is 1. The second kappa shape index (κ2) is 8.95. The lowest BCUT2D eigenvalue weighted by Crippen LogP contribution is -2.27. The molecule has 0 bridgehead atoms. The third-order valence-corrected chi connectivity index (χ3v) is 2.88. The second-order valence-corrected chi connectivity index (χ2v) is 4.07. The van der Waals surface area contributed by atoms with Crippen LogP contribution in [0.5, 0.6) is 0 Å². The molecule has 1 aliphatic heterocycles. The van der Waals surface area contributed by atoms with Gasteiger partial charge in [0.1, 0.15) is 0 Å². The van der Waals surface area contributed by atoms with Crippen molar-refractivity contribution in [3.8, 4) is 0 Å². The predicted octanol–water partition coefficient (Wildman–Crippen LogP) is 3.73. The molecule has 0 saturated carbocycles. The molecule has 0 radical (unpaired) electrons. The Morgan fingerprint density at radius 2 is 1.95 bits per heavy atom. The number of carbonyl (C=O) groups excluding carboxylic acids is 2. The molecule has 0 fully saturated rings. The fourth-order valence-corrected chi connectivity index (χ4v) is 2.04. The summed E-state index contributed by atoms with van der Waals surface area (Å²) in [4.78, 5) is 25.4. The predicted molar refractivity (Wildman–Crippen MR) is 85.2 cm³/mol. The third kappa shape index (κ3) is 4.18. The van der Waals surface area contributed by atoms with Gasteiger partial charge in [0.2, 0.25) is 0 Å². The monoisotopic (exact) mass is 291 g/mol. The van der Waals surface area contributed by atoms with Gasteiger partial charge in [0.25, 0.3) is 0 Å². The van der Waals surface area contributed by atoms with Gasteiger partial charge in [-0.3, -0.25) is 4.79 Å². The summed E-state index contributed by atoms with van der Waals surface area (Å²) < 4.78 is 5.02. The summed E-state index contributed by atoms with van der Waals surface area (Å²) >= 11 is 0. The number of hydrogen-bond acceptors (Lipinski definition) is 4. The first-order valence-electron chi connectivity index (χ1n) is 7.17. The van der Waals surface area contributed by atoms with Crippen molar-refractivity contribution in [3.63, 3.8) is 0 Å². The average Bonchev–Trinajstić information content (AvgIpc) is 2.48. The number of ether oxygens (including phenoxy) is 1. The van der Waals surface area contributed by atoms with Crippen molar-refractivity contribution in [2.75, 3.05) is 6.61 Å². The molecule has 1 aliphatic rings. The molecule has 1 rings (SSSR count). The van der Waals surface area contributed by atoms with Crippen molar-refractivity contribution in [2.24, 2.45) is 0 Å². The van der Waals surface area contributed by atoms with Crippen LogP contribution >= 0.6 is 0 Å². The largest absolute Gasteiger partial charge is 0.462 e. The highest BCUT2D eigenvalue weighted by Crippen LogP contribution is 2.30. The van der Waals surface area contributed by atoms with Gasteiger partial charge in [0.05, 0.1) is 17.9 Å². The number of carbonyl (C=O) groups is 2. The van der Waals surface area contributed by atoms with Crippen molar-refractivity contribution in [1.82, 2.24) is 4.90 Å². The summed E-state index contributed by atoms with van der Waals surface area (Å²) in [5.74, 6) is -0.534. The van der Waals surface area contributed by atoms with E-state index in [0.717, 1.165) is 5.70 Å². The molecule has 0 aliphatic carbocycles. The van der Waals surface area contributed by atoms with Gasteiger partial charge in [0, 0.05) is 18.8 Å². The van der Waals surface area contributed by atoms with E-state index in [1.54, 1.807) is 31.0 Å². The maximum Gasteiger partial charge on any atom is 0.338 e. The van der Waals surface area contributed by atoms with Gasteiger partial charge in [-0.05, 0) is 32.4 Å². The lowest BCUT2D eigenvalue weighted by molar-refractivity contribution is -0.138. The molecule has 4 nitrogen and oxygen atoms in total. The second-order valence-electron chi connectivity index (χ2n) is 4.07. The van der Waals surface area contributed by atoms with Gasteiger partial charge < -0.3 is 9.64 Å². The summed E-state index contributed by atoms with van der Waals surface area (Å²) in [6, 6.07) is 0. The minimum atomic E-state index is -0.415. The minimum absolute atomic E-state index is 0.119. The maximum atomic E-state index is 11.9. The van der Waals surface area contributed by atoms with E-state index in [1.807, 2.05) is 26.8 Å². The molecule has 1 heterocycles. The molecule has 0 unspecified atom stereocenters. The topological polar surface area (TPSA) is 46.6 Å². The Hall–Kier alpha value is -2.10. The van der Waals surface area contributed by atoms with Crippen LogP contribution in [0.1, 0.15) is 41.5 Å². The van der Waals surface area contributed by atoms with Gasteiger partial charge in [0.15, 0.2) is 5.78 Å². The van der Waals surface area contributed by atoms with Gasteiger partial charge >= 0.3 is 5.97 Å². The number of Topliss-reactive ketones (excluding diaryl/α,β-unsaturated/α-hetero) is 1. The Bertz CT molecular complexity index is 510. The van der Waals surface area contributed by atoms with E-state index in [9.17, 15) is 9.59 Å². The molecule has 0 saturated heterocycles. The van der Waals surface area contributed by atoms with Crippen LogP contribution in [0.3, 0.4) is 0 Å². The van der Waals surface area contributed by atoms with Crippen LogP contribution in [0.2, 0.25) is 0 Å². The zero-order valence-electron chi connectivity index (χ0n) is 13.8. The highest BCUT2D eigenvalue weighted by molar-refractivity contribution is 6.01. The van der Waals surface area contributed by atoms with Crippen molar-refractivity contribution < 1.29 is 14.3 Å². The first-order valence-corrected chi connectivity index (χ1v) is 7.17. The number of nitrogens with zero attached hydrogens (tertiary/aromatic N) is 1. The van der Waals surface area contributed by atoms with Gasteiger partial charge in [-0.15, -0.1) is 0 Å². The Morgan fingerprint density at radius 3 is 2.33 bits per heavy atom. The molecule has 0 amide bonds. The number of hydrogen-bond donors (Lipinski definition) is 0. The molecule has 116 valence electrons. The van der Waals surface area contributed by atoms with E-state index in [1.165, 1.54) is 6.92 Å². The van der Waals surface area contributed by atoms with Gasteiger partial charge in [-0.2, -0.15) is 0 Å². The first-order chi connectivity index (χ1) is 9.97. The summed E-state index contributed by atoms with van der Waals surface area (Å²) in [7, 11) is 0. The molecule has 0 N–H and O–H groups in total. The molecule has 4 heteroatoms. The minimum Gasteiger partial charge on any atom is -0.462 e. The average molecular weight is 291 g/mol. The zero-order chi connectivity index (χ0) is 16.6. The molecular weight excluding hydrogens is 266 g/mol. The molecule has 0 aromatic heterocycles. The highest BCUT2D eigenvalue weighted by atomic mass is 16.5. The Morgan fingerprint density at radius 1 is 1.38 bits per heavy atom. The van der Waals surface area contributed by atoms with E-state index in [2.05, 4.69) is 6.58 Å². The summed E-state index contributed by atoms with van der Waals surface area (Å²) in [5, 5.41) is 0. The number of allylic oxidation sites excluding steroid dienone is 3. The molecule has 0 aromatic rings. The third-order valence-electron chi connectivity index (χ3n) is 2.88. The standard InChI is InChI=1S/C15H19NO3.C2H6/c1-6-12-9-13(15(18)19-8-3)10(4)14(11(5)17)16(12)7-2;1-2/h6-7,9H,2,8H2,1,3-5H3;1-2H3/b12-6-;. The fourth-order valence-electron chi connectivity index (χ4n) is 2.04. The van der Waals surface area contributed by atoms with E-state index < -0.39 is 5.97 Å². The van der Waals surface area contributed by atoms with Gasteiger partial charge in [-0.25, -0.2) is 4.79 Å². The zero-order valence-corrected chi connectivity index (χ0v) is 13.8. The van der Waals surface area contributed by atoms with Crippen LogP contribution in [-0.2, 0) is 14.3 Å². The smallest absolute Gasteiger partial charge is 0.338 e. The van der Waals surface area contributed by atoms with Crippen molar-refractivity contribution in [2.45, 2.75) is 41.5 Å². The SMILES string of the molecule is C=CN1C(C(C)=O)=C(C)C(C(=O)OCC)=C/C1=C/C.CC. The number of rotatable bonds is 4. The van der Waals surface area contributed by atoms with Crippen LogP contribution in [0.25, 0.3) is 0 Å². The van der Waals surface area contributed by atoms with E-state index in [4.69, 9.17) is 4.74 Å². The summed E-state index contributed by atoms with van der Waals surface area (Å²) in [6.45, 7) is 14.8. The fraction of sp³-hybridized carbons (Fsp3) is 0.412. The molecule has 0 atom stereocenters. The lowest BCUT2D eigenvalue weighted by atomic mass is 9.97. The van der Waals surface area contributed by atoms with Gasteiger partial charge in [-0.1, -0.05) is 26.5 Å². The van der Waals surface area contributed by atoms with Crippen LogP contribution in [0, 0.1) is 0 Å². The molecule has 0 spiro atoms. The van der Waals surface area contributed by atoms with E-state index in [0.29, 0.717) is 23.5 Å². The number of esters is 1. The van der Waals surface area contributed by atoms with E-state index in [-0.39, 0.29) is 5.78 Å². The Balaban J connectivity index is 0.00000191. The maximum absolute atomic E-state index is 11.9. The molecule has 0 aromatic carbocycles. The van der Waals surface area contributed by atoms with Crippen molar-refractivity contribution in [1.29, 1.82) is 0 Å². The van der Waals surface area contributed by atoms with Crippen molar-refractivity contribution in [3.05, 3.63) is 47.5 Å². The van der Waals surface area contributed by atoms with Crippen LogP contribution in [0.4, 0.5) is 0 Å². The van der Waals surface area contributed by atoms with Crippen LogP contribution < -0.4 is 0 Å². The Labute approximate surface area is 127 Å². The van der Waals surface area contributed by atoms with Crippen molar-refractivity contribution >= 4 is 11.8 Å².